The molecule has 1 fully saturated rings. The van der Waals surface area contributed by atoms with E-state index in [2.05, 4.69) is 12.2 Å². The summed E-state index contributed by atoms with van der Waals surface area (Å²) in [4.78, 5) is 9.60. The number of ether oxygens (including phenoxy) is 1. The minimum Gasteiger partial charge on any atom is -0.376 e. The van der Waals surface area contributed by atoms with Crippen LogP contribution in [0.25, 0.3) is 0 Å². The van der Waals surface area contributed by atoms with Crippen LogP contribution in [0.5, 0.6) is 0 Å². The lowest BCUT2D eigenvalue weighted by Crippen LogP contribution is -2.19. The molecule has 3 heterocycles. The van der Waals surface area contributed by atoms with E-state index >= 15 is 0 Å². The fraction of sp³-hybridized carbons (Fsp3) is 0.714. The molecule has 1 unspecified atom stereocenters. The average molecular weight is 279 g/mol. The standard InChI is InChI=1S/C14H21N3OS/c1-2-15-13-10-9-18-7-6-11(10)16-14(17-13)12-5-3-4-8-19-12/h12H,2-9H2,1H3,(H,15,16,17). The van der Waals surface area contributed by atoms with Crippen LogP contribution in [-0.4, -0.2) is 28.9 Å². The van der Waals surface area contributed by atoms with Crippen molar-refractivity contribution in [1.29, 1.82) is 0 Å². The number of rotatable bonds is 3. The minimum atomic E-state index is 0.485. The third kappa shape index (κ3) is 2.87. The predicted molar refractivity (Wildman–Crippen MR) is 78.6 cm³/mol. The Morgan fingerprint density at radius 2 is 2.32 bits per heavy atom. The van der Waals surface area contributed by atoms with Crippen LogP contribution < -0.4 is 5.32 Å². The summed E-state index contributed by atoms with van der Waals surface area (Å²) in [5.41, 5.74) is 2.36. The van der Waals surface area contributed by atoms with E-state index in [-0.39, 0.29) is 0 Å². The van der Waals surface area contributed by atoms with Crippen LogP contribution in [0.1, 0.15) is 48.5 Å². The number of fused-ring (bicyclic) bond motifs is 1. The lowest BCUT2D eigenvalue weighted by molar-refractivity contribution is 0.109. The van der Waals surface area contributed by atoms with Gasteiger partial charge in [0.2, 0.25) is 0 Å². The van der Waals surface area contributed by atoms with Gasteiger partial charge in [-0.1, -0.05) is 6.42 Å². The fourth-order valence-electron chi connectivity index (χ4n) is 2.65. The maximum Gasteiger partial charge on any atom is 0.143 e. The van der Waals surface area contributed by atoms with Crippen LogP contribution in [0.3, 0.4) is 0 Å². The van der Waals surface area contributed by atoms with Crippen LogP contribution >= 0.6 is 11.8 Å². The Hall–Kier alpha value is -0.810. The van der Waals surface area contributed by atoms with Crippen LogP contribution in [-0.2, 0) is 17.8 Å². The van der Waals surface area contributed by atoms with Crippen molar-refractivity contribution in [2.45, 2.75) is 44.5 Å². The van der Waals surface area contributed by atoms with Gasteiger partial charge in [-0.2, -0.15) is 11.8 Å². The Labute approximate surface area is 118 Å². The molecule has 2 aliphatic heterocycles. The van der Waals surface area contributed by atoms with Gasteiger partial charge in [0.15, 0.2) is 0 Å². The Kier molecular flexibility index (Phi) is 4.23. The van der Waals surface area contributed by atoms with Gasteiger partial charge in [0, 0.05) is 18.5 Å². The Balaban J connectivity index is 1.93. The largest absolute Gasteiger partial charge is 0.376 e. The molecule has 0 amide bonds. The van der Waals surface area contributed by atoms with Crippen molar-refractivity contribution in [1.82, 2.24) is 9.97 Å². The van der Waals surface area contributed by atoms with Gasteiger partial charge in [-0.25, -0.2) is 9.97 Å². The summed E-state index contributed by atoms with van der Waals surface area (Å²) >= 11 is 2.01. The maximum atomic E-state index is 5.54. The molecule has 0 radical (unpaired) electrons. The van der Waals surface area contributed by atoms with Crippen LogP contribution in [0.2, 0.25) is 0 Å². The van der Waals surface area contributed by atoms with E-state index in [1.807, 2.05) is 11.8 Å². The highest BCUT2D eigenvalue weighted by Crippen LogP contribution is 2.37. The predicted octanol–water partition coefficient (Wildman–Crippen LogP) is 2.94. The number of hydrogen-bond donors (Lipinski definition) is 1. The third-order valence-electron chi connectivity index (χ3n) is 3.65. The van der Waals surface area contributed by atoms with Crippen LogP contribution in [0, 0.1) is 0 Å². The number of aromatic nitrogens is 2. The maximum absolute atomic E-state index is 5.54. The molecule has 1 saturated heterocycles. The first-order valence-corrected chi connectivity index (χ1v) is 8.26. The highest BCUT2D eigenvalue weighted by Gasteiger charge is 2.23. The molecule has 4 nitrogen and oxygen atoms in total. The molecule has 1 aromatic rings. The monoisotopic (exact) mass is 279 g/mol. The smallest absolute Gasteiger partial charge is 0.143 e. The number of hydrogen-bond acceptors (Lipinski definition) is 5. The average Bonchev–Trinajstić information content (AvgIpc) is 2.48. The van der Waals surface area contributed by atoms with E-state index in [9.17, 15) is 0 Å². The van der Waals surface area contributed by atoms with Gasteiger partial charge >= 0.3 is 0 Å². The zero-order chi connectivity index (χ0) is 13.1. The summed E-state index contributed by atoms with van der Waals surface area (Å²) in [6.45, 7) is 4.43. The second kappa shape index (κ2) is 6.09. The molecule has 0 spiro atoms. The SMILES string of the molecule is CCNc1nc(C2CCCCS2)nc2c1COCC2. The van der Waals surface area contributed by atoms with E-state index in [1.165, 1.54) is 30.7 Å². The lowest BCUT2D eigenvalue weighted by Gasteiger charge is -2.24. The van der Waals surface area contributed by atoms with Gasteiger partial charge in [0.25, 0.3) is 0 Å². The highest BCUT2D eigenvalue weighted by molar-refractivity contribution is 7.99. The number of thioether (sulfide) groups is 1. The van der Waals surface area contributed by atoms with E-state index < -0.39 is 0 Å². The molecule has 1 atom stereocenters. The Morgan fingerprint density at radius 3 is 3.11 bits per heavy atom. The molecule has 0 bridgehead atoms. The van der Waals surface area contributed by atoms with Gasteiger partial charge in [-0.3, -0.25) is 0 Å². The van der Waals surface area contributed by atoms with Crippen molar-refractivity contribution in [3.8, 4) is 0 Å². The van der Waals surface area contributed by atoms with Gasteiger partial charge in [0.1, 0.15) is 11.6 Å². The highest BCUT2D eigenvalue weighted by atomic mass is 32.2. The summed E-state index contributed by atoms with van der Waals surface area (Å²) in [6.07, 6.45) is 4.77. The molecular formula is C14H21N3OS. The Bertz CT molecular complexity index is 447. The van der Waals surface area contributed by atoms with Crippen molar-refractivity contribution in [3.05, 3.63) is 17.1 Å². The quantitative estimate of drug-likeness (QED) is 0.921. The Morgan fingerprint density at radius 1 is 1.37 bits per heavy atom. The summed E-state index contributed by atoms with van der Waals surface area (Å²) in [5.74, 6) is 3.26. The lowest BCUT2D eigenvalue weighted by atomic mass is 10.1. The third-order valence-corrected chi connectivity index (χ3v) is 5.02. The van der Waals surface area contributed by atoms with Crippen molar-refractivity contribution in [2.24, 2.45) is 0 Å². The van der Waals surface area contributed by atoms with Crippen molar-refractivity contribution in [2.75, 3.05) is 24.2 Å². The first-order valence-electron chi connectivity index (χ1n) is 7.21. The molecular weight excluding hydrogens is 258 g/mol. The molecule has 19 heavy (non-hydrogen) atoms. The molecule has 0 aliphatic carbocycles. The second-order valence-electron chi connectivity index (χ2n) is 5.04. The van der Waals surface area contributed by atoms with Crippen LogP contribution in [0.15, 0.2) is 0 Å². The number of nitrogens with one attached hydrogen (secondary N) is 1. The van der Waals surface area contributed by atoms with Crippen LogP contribution in [0.4, 0.5) is 5.82 Å². The normalized spacial score (nSPS) is 22.9. The number of anilines is 1. The molecule has 0 saturated carbocycles. The van der Waals surface area contributed by atoms with E-state index in [4.69, 9.17) is 14.7 Å². The zero-order valence-electron chi connectivity index (χ0n) is 11.4. The van der Waals surface area contributed by atoms with Gasteiger partial charge in [0.05, 0.1) is 24.2 Å². The molecule has 1 N–H and O–H groups in total. The first kappa shape index (κ1) is 13.2. The molecule has 104 valence electrons. The fourth-order valence-corrected chi connectivity index (χ4v) is 3.90. The first-order chi connectivity index (χ1) is 9.38. The molecule has 2 aliphatic rings. The van der Waals surface area contributed by atoms with E-state index in [0.717, 1.165) is 36.8 Å². The van der Waals surface area contributed by atoms with E-state index in [1.54, 1.807) is 0 Å². The molecule has 5 heteroatoms. The van der Waals surface area contributed by atoms with Gasteiger partial charge in [-0.15, -0.1) is 0 Å². The van der Waals surface area contributed by atoms with Crippen molar-refractivity contribution >= 4 is 17.6 Å². The summed E-state index contributed by atoms with van der Waals surface area (Å²) in [6, 6.07) is 0. The molecule has 0 aromatic carbocycles. The summed E-state index contributed by atoms with van der Waals surface area (Å²) < 4.78 is 5.54. The minimum absolute atomic E-state index is 0.485. The van der Waals surface area contributed by atoms with Crippen molar-refractivity contribution < 1.29 is 4.74 Å². The summed E-state index contributed by atoms with van der Waals surface area (Å²) in [7, 11) is 0. The number of nitrogens with zero attached hydrogens (tertiary/aromatic N) is 2. The van der Waals surface area contributed by atoms with E-state index in [0.29, 0.717) is 11.9 Å². The van der Waals surface area contributed by atoms with Crippen molar-refractivity contribution in [3.63, 3.8) is 0 Å². The van der Waals surface area contributed by atoms with Gasteiger partial charge < -0.3 is 10.1 Å². The van der Waals surface area contributed by atoms with Gasteiger partial charge in [-0.05, 0) is 25.5 Å². The molecule has 1 aromatic heterocycles. The molecule has 3 rings (SSSR count). The topological polar surface area (TPSA) is 47.0 Å². The summed E-state index contributed by atoms with van der Waals surface area (Å²) in [5, 5.41) is 3.86. The second-order valence-corrected chi connectivity index (χ2v) is 6.35. The zero-order valence-corrected chi connectivity index (χ0v) is 12.3.